The first kappa shape index (κ1) is 15.1. The molecular formula is C17H17ClOS. The van der Waals surface area contributed by atoms with Crippen LogP contribution in [0.2, 0.25) is 0 Å². The first-order chi connectivity index (χ1) is 9.76. The molecule has 0 aliphatic rings. The van der Waals surface area contributed by atoms with E-state index in [4.69, 9.17) is 11.6 Å². The second kappa shape index (κ2) is 7.51. The number of allylic oxidation sites excluding steroid dienone is 1. The minimum Gasteiger partial charge on any atom is -0.287 e. The number of rotatable bonds is 5. The fourth-order valence-corrected chi connectivity index (χ4v) is 3.05. The van der Waals surface area contributed by atoms with E-state index in [1.165, 1.54) is 22.5 Å². The highest BCUT2D eigenvalue weighted by atomic mass is 35.5. The van der Waals surface area contributed by atoms with Crippen molar-refractivity contribution in [1.82, 2.24) is 0 Å². The molecule has 0 amide bonds. The molecular weight excluding hydrogens is 288 g/mol. The molecule has 0 fully saturated rings. The van der Waals surface area contributed by atoms with E-state index in [2.05, 4.69) is 24.3 Å². The van der Waals surface area contributed by atoms with Crippen LogP contribution < -0.4 is 0 Å². The average Bonchev–Trinajstić information content (AvgIpc) is 2.48. The lowest BCUT2D eigenvalue weighted by atomic mass is 10.0. The van der Waals surface area contributed by atoms with Gasteiger partial charge in [0.2, 0.25) is 0 Å². The maximum atomic E-state index is 11.9. The van der Waals surface area contributed by atoms with Crippen LogP contribution in [0.25, 0.3) is 16.8 Å². The molecule has 0 aromatic heterocycles. The fraction of sp³-hybridized carbons (Fsp3) is 0.235. The van der Waals surface area contributed by atoms with Crippen LogP contribution in [-0.2, 0) is 4.79 Å². The number of carbonyl (C=O) groups is 1. The van der Waals surface area contributed by atoms with Crippen LogP contribution in [0, 0.1) is 5.92 Å². The molecule has 0 aliphatic heterocycles. The Labute approximate surface area is 129 Å². The molecule has 0 aliphatic carbocycles. The Morgan fingerprint density at radius 1 is 1.25 bits per heavy atom. The highest BCUT2D eigenvalue weighted by molar-refractivity contribution is 8.13. The summed E-state index contributed by atoms with van der Waals surface area (Å²) in [6, 6.07) is 14.4. The standard InChI is InChI=1S/C17H17ClOS/c1-2-20-17(19)15(12-18)11-10-14-8-5-7-13-6-3-4-9-16(13)14/h3-11,15H,2,12H2,1H3/b11-10-. The van der Waals surface area contributed by atoms with Gasteiger partial charge in [-0.2, -0.15) is 0 Å². The molecule has 1 atom stereocenters. The van der Waals surface area contributed by atoms with Crippen molar-refractivity contribution < 1.29 is 4.79 Å². The van der Waals surface area contributed by atoms with Crippen molar-refractivity contribution in [3.63, 3.8) is 0 Å². The molecule has 0 saturated carbocycles. The topological polar surface area (TPSA) is 17.1 Å². The summed E-state index contributed by atoms with van der Waals surface area (Å²) in [5.41, 5.74) is 1.12. The zero-order chi connectivity index (χ0) is 14.4. The number of halogens is 1. The maximum Gasteiger partial charge on any atom is 0.196 e. The van der Waals surface area contributed by atoms with Gasteiger partial charge in [0, 0.05) is 5.88 Å². The van der Waals surface area contributed by atoms with Crippen molar-refractivity contribution in [2.24, 2.45) is 5.92 Å². The van der Waals surface area contributed by atoms with Gasteiger partial charge >= 0.3 is 0 Å². The minimum absolute atomic E-state index is 0.138. The monoisotopic (exact) mass is 304 g/mol. The molecule has 0 N–H and O–H groups in total. The zero-order valence-corrected chi connectivity index (χ0v) is 13.0. The third-order valence-corrected chi connectivity index (χ3v) is 4.30. The number of alkyl halides is 1. The Hall–Kier alpha value is -1.25. The summed E-state index contributed by atoms with van der Waals surface area (Å²) in [4.78, 5) is 11.9. The van der Waals surface area contributed by atoms with Crippen LogP contribution in [0.3, 0.4) is 0 Å². The van der Waals surface area contributed by atoms with Crippen molar-refractivity contribution >= 4 is 45.3 Å². The maximum absolute atomic E-state index is 11.9. The lowest BCUT2D eigenvalue weighted by molar-refractivity contribution is -0.112. The molecule has 0 saturated heterocycles. The molecule has 2 rings (SSSR count). The van der Waals surface area contributed by atoms with Gasteiger partial charge in [0.1, 0.15) is 0 Å². The van der Waals surface area contributed by atoms with Crippen LogP contribution in [-0.4, -0.2) is 16.7 Å². The van der Waals surface area contributed by atoms with Crippen LogP contribution in [0.5, 0.6) is 0 Å². The van der Waals surface area contributed by atoms with Crippen LogP contribution in [0.15, 0.2) is 48.5 Å². The Kier molecular flexibility index (Phi) is 5.69. The molecule has 104 valence electrons. The normalized spacial score (nSPS) is 12.9. The summed E-state index contributed by atoms with van der Waals surface area (Å²) < 4.78 is 0. The second-order valence-electron chi connectivity index (χ2n) is 4.44. The Balaban J connectivity index is 2.26. The fourth-order valence-electron chi connectivity index (χ4n) is 2.06. The number of hydrogen-bond acceptors (Lipinski definition) is 2. The minimum atomic E-state index is -0.222. The van der Waals surface area contributed by atoms with E-state index >= 15 is 0 Å². The summed E-state index contributed by atoms with van der Waals surface area (Å²) in [7, 11) is 0. The number of thioether (sulfide) groups is 1. The van der Waals surface area contributed by atoms with Gasteiger partial charge in [-0.15, -0.1) is 11.6 Å². The van der Waals surface area contributed by atoms with Crippen molar-refractivity contribution in [2.45, 2.75) is 6.92 Å². The van der Waals surface area contributed by atoms with Crippen molar-refractivity contribution in [2.75, 3.05) is 11.6 Å². The molecule has 20 heavy (non-hydrogen) atoms. The third-order valence-electron chi connectivity index (χ3n) is 3.09. The summed E-state index contributed by atoms with van der Waals surface area (Å²) in [6.45, 7) is 1.97. The van der Waals surface area contributed by atoms with Gasteiger partial charge in [-0.25, -0.2) is 0 Å². The summed E-state index contributed by atoms with van der Waals surface area (Å²) >= 11 is 7.23. The Morgan fingerprint density at radius 2 is 2.00 bits per heavy atom. The predicted octanol–water partition coefficient (Wildman–Crippen LogP) is 4.99. The SMILES string of the molecule is CCSC(=O)C(/C=C\c1cccc2ccccc12)CCl. The van der Waals surface area contributed by atoms with Crippen molar-refractivity contribution in [3.05, 3.63) is 54.1 Å². The molecule has 1 nitrogen and oxygen atoms in total. The van der Waals surface area contributed by atoms with Gasteiger partial charge in [0.15, 0.2) is 5.12 Å². The van der Waals surface area contributed by atoms with Crippen LogP contribution in [0.1, 0.15) is 12.5 Å². The molecule has 2 aromatic rings. The van der Waals surface area contributed by atoms with Gasteiger partial charge < -0.3 is 0 Å². The Bertz CT molecular complexity index is 616. The van der Waals surface area contributed by atoms with E-state index in [-0.39, 0.29) is 11.0 Å². The number of fused-ring (bicyclic) bond motifs is 1. The molecule has 3 heteroatoms. The highest BCUT2D eigenvalue weighted by Crippen LogP contribution is 2.21. The van der Waals surface area contributed by atoms with Gasteiger partial charge in [-0.1, -0.05) is 73.3 Å². The van der Waals surface area contributed by atoms with E-state index < -0.39 is 0 Å². The lowest BCUT2D eigenvalue weighted by Crippen LogP contribution is -2.09. The van der Waals surface area contributed by atoms with Crippen molar-refractivity contribution in [3.8, 4) is 0 Å². The predicted molar refractivity (Wildman–Crippen MR) is 90.3 cm³/mol. The van der Waals surface area contributed by atoms with E-state index in [0.29, 0.717) is 5.88 Å². The molecule has 0 spiro atoms. The second-order valence-corrected chi connectivity index (χ2v) is 6.02. The molecule has 0 bridgehead atoms. The number of carbonyl (C=O) groups excluding carboxylic acids is 1. The molecule has 2 aromatic carbocycles. The lowest BCUT2D eigenvalue weighted by Gasteiger charge is -2.07. The number of benzene rings is 2. The number of hydrogen-bond donors (Lipinski definition) is 0. The molecule has 1 unspecified atom stereocenters. The Morgan fingerprint density at radius 3 is 2.75 bits per heavy atom. The van der Waals surface area contributed by atoms with Crippen LogP contribution >= 0.6 is 23.4 Å². The van der Waals surface area contributed by atoms with Gasteiger partial charge in [0.25, 0.3) is 0 Å². The van der Waals surface area contributed by atoms with Crippen molar-refractivity contribution in [1.29, 1.82) is 0 Å². The van der Waals surface area contributed by atoms with E-state index in [9.17, 15) is 4.79 Å². The zero-order valence-electron chi connectivity index (χ0n) is 11.4. The van der Waals surface area contributed by atoms with Gasteiger partial charge in [-0.05, 0) is 22.1 Å². The molecule has 0 heterocycles. The van der Waals surface area contributed by atoms with Gasteiger partial charge in [-0.3, -0.25) is 4.79 Å². The van der Waals surface area contributed by atoms with Gasteiger partial charge in [0.05, 0.1) is 5.92 Å². The summed E-state index contributed by atoms with van der Waals surface area (Å²) in [5.74, 6) is 0.891. The van der Waals surface area contributed by atoms with E-state index in [1.807, 2.05) is 37.3 Å². The first-order valence-corrected chi connectivity index (χ1v) is 8.17. The summed E-state index contributed by atoms with van der Waals surface area (Å²) in [5, 5.41) is 2.53. The largest absolute Gasteiger partial charge is 0.287 e. The molecule has 0 radical (unpaired) electrons. The first-order valence-electron chi connectivity index (χ1n) is 6.64. The van der Waals surface area contributed by atoms with E-state index in [0.717, 1.165) is 11.3 Å². The quantitative estimate of drug-likeness (QED) is 0.724. The highest BCUT2D eigenvalue weighted by Gasteiger charge is 2.13. The third kappa shape index (κ3) is 3.65. The average molecular weight is 305 g/mol. The summed E-state index contributed by atoms with van der Waals surface area (Å²) in [6.07, 6.45) is 3.92. The smallest absolute Gasteiger partial charge is 0.196 e. The van der Waals surface area contributed by atoms with Crippen LogP contribution in [0.4, 0.5) is 0 Å². The van der Waals surface area contributed by atoms with E-state index in [1.54, 1.807) is 0 Å².